The summed E-state index contributed by atoms with van der Waals surface area (Å²) >= 11 is 0. The fourth-order valence-electron chi connectivity index (χ4n) is 1.02. The van der Waals surface area contributed by atoms with Gasteiger partial charge in [-0.2, -0.15) is 13.2 Å². The van der Waals surface area contributed by atoms with Crippen molar-refractivity contribution in [3.8, 4) is 0 Å². The molecule has 0 aliphatic rings. The minimum atomic E-state index is -5.78. The highest BCUT2D eigenvalue weighted by atomic mass is 19.4. The lowest BCUT2D eigenvalue weighted by atomic mass is 9.79. The molecule has 8 heteroatoms. The van der Waals surface area contributed by atoms with Crippen molar-refractivity contribution in [2.75, 3.05) is 0 Å². The molecule has 1 aromatic rings. The lowest BCUT2D eigenvalue weighted by molar-refractivity contribution is -0.139. The highest BCUT2D eigenvalue weighted by Gasteiger charge is 2.38. The number of alkyl halides is 3. The quantitative estimate of drug-likeness (QED) is 0.514. The van der Waals surface area contributed by atoms with E-state index in [1.165, 1.54) is 0 Å². The Morgan fingerprint density at radius 1 is 1.00 bits per heavy atom. The Kier molecular flexibility index (Phi) is 2.71. The van der Waals surface area contributed by atoms with Crippen LogP contribution in [0, 0.1) is 5.82 Å². The molecule has 84 valence electrons. The maximum absolute atomic E-state index is 12.8. The third-order valence-corrected chi connectivity index (χ3v) is 1.69. The van der Waals surface area contributed by atoms with E-state index in [1.807, 2.05) is 0 Å². The van der Waals surface area contributed by atoms with Gasteiger partial charge >= 0.3 is 13.2 Å². The molecule has 15 heavy (non-hydrogen) atoms. The summed E-state index contributed by atoms with van der Waals surface area (Å²) in [5, 5.41) is 0. The third kappa shape index (κ3) is 2.43. The van der Waals surface area contributed by atoms with Crippen LogP contribution in [0.1, 0.15) is 5.56 Å². The lowest BCUT2D eigenvalue weighted by Crippen LogP contribution is -2.38. The fourth-order valence-corrected chi connectivity index (χ4v) is 1.02. The second-order valence-corrected chi connectivity index (χ2v) is 2.78. The van der Waals surface area contributed by atoms with Crippen molar-refractivity contribution < 1.29 is 30.5 Å². The maximum Gasteiger partial charge on any atom is 0.512 e. The summed E-state index contributed by atoms with van der Waals surface area (Å²) in [5.41, 5.74) is -3.76. The van der Waals surface area contributed by atoms with Gasteiger partial charge in [-0.25, -0.2) is 4.39 Å². The van der Waals surface area contributed by atoms with E-state index in [4.69, 9.17) is 0 Å². The molecule has 0 radical (unpaired) electrons. The minimum absolute atomic E-state index is 0.265. The van der Waals surface area contributed by atoms with Gasteiger partial charge in [-0.15, -0.1) is 0 Å². The summed E-state index contributed by atoms with van der Waals surface area (Å²) in [6.07, 6.45) is -5.12. The summed E-state index contributed by atoms with van der Waals surface area (Å²) in [4.78, 5) is 0. The standard InChI is InChI=1S/C7H3BF7/c9-6-4(7(10,11)12)2-1-3-5(6)8(13,14)15/h1-3H/q-1. The average molecular weight is 231 g/mol. The molecular formula is C7H3BF7-. The van der Waals surface area contributed by atoms with Crippen molar-refractivity contribution in [3.05, 3.63) is 29.6 Å². The Hall–Kier alpha value is -1.21. The second kappa shape index (κ2) is 3.43. The zero-order valence-corrected chi connectivity index (χ0v) is 6.96. The molecule has 0 bridgehead atoms. The van der Waals surface area contributed by atoms with Crippen LogP contribution >= 0.6 is 0 Å². The Balaban J connectivity index is 3.37. The highest BCUT2D eigenvalue weighted by molar-refractivity contribution is 6.73. The molecule has 0 saturated heterocycles. The largest absolute Gasteiger partial charge is 0.512 e. The van der Waals surface area contributed by atoms with Gasteiger partial charge in [0.05, 0.1) is 5.56 Å². The molecule has 0 unspecified atom stereocenters. The Labute approximate surface area is 79.8 Å². The van der Waals surface area contributed by atoms with Crippen LogP contribution in [0.5, 0.6) is 0 Å². The van der Waals surface area contributed by atoms with Gasteiger partial charge in [-0.1, -0.05) is 17.6 Å². The molecular weight excluding hydrogens is 228 g/mol. The van der Waals surface area contributed by atoms with Crippen LogP contribution < -0.4 is 5.46 Å². The molecule has 0 fully saturated rings. The number of benzene rings is 1. The molecule has 0 aliphatic carbocycles. The number of hydrogen-bond donors (Lipinski definition) is 0. The van der Waals surface area contributed by atoms with Gasteiger partial charge in [0.15, 0.2) is 0 Å². The predicted molar refractivity (Wildman–Crippen MR) is 40.1 cm³/mol. The highest BCUT2D eigenvalue weighted by Crippen LogP contribution is 2.31. The summed E-state index contributed by atoms with van der Waals surface area (Å²) in [6.45, 7) is -5.78. The molecule has 0 amide bonds. The van der Waals surface area contributed by atoms with Crippen LogP contribution in [0.4, 0.5) is 30.5 Å². The molecule has 0 aromatic heterocycles. The van der Waals surface area contributed by atoms with E-state index in [9.17, 15) is 30.5 Å². The van der Waals surface area contributed by atoms with Crippen LogP contribution in [0.2, 0.25) is 0 Å². The molecule has 1 rings (SSSR count). The first kappa shape index (κ1) is 11.9. The van der Waals surface area contributed by atoms with Gasteiger partial charge in [-0.3, -0.25) is 0 Å². The predicted octanol–water partition coefficient (Wildman–Crippen LogP) is 2.90. The monoisotopic (exact) mass is 231 g/mol. The average Bonchev–Trinajstić information content (AvgIpc) is 1.99. The Morgan fingerprint density at radius 3 is 1.93 bits per heavy atom. The molecule has 0 saturated carbocycles. The number of hydrogen-bond acceptors (Lipinski definition) is 0. The summed E-state index contributed by atoms with van der Waals surface area (Å²) < 4.78 is 85.1. The van der Waals surface area contributed by atoms with E-state index in [2.05, 4.69) is 0 Å². The lowest BCUT2D eigenvalue weighted by Gasteiger charge is -2.18. The fraction of sp³-hybridized carbons (Fsp3) is 0.143. The smallest absolute Gasteiger partial charge is 0.445 e. The molecule has 0 heterocycles. The topological polar surface area (TPSA) is 0 Å². The van der Waals surface area contributed by atoms with E-state index in [1.54, 1.807) is 0 Å². The molecule has 0 aliphatic heterocycles. The Bertz CT molecular complexity index is 332. The summed E-state index contributed by atoms with van der Waals surface area (Å²) in [5.74, 6) is -2.27. The summed E-state index contributed by atoms with van der Waals surface area (Å²) in [7, 11) is 0. The molecule has 0 spiro atoms. The zero-order valence-electron chi connectivity index (χ0n) is 6.96. The van der Waals surface area contributed by atoms with Crippen molar-refractivity contribution in [3.63, 3.8) is 0 Å². The van der Waals surface area contributed by atoms with Crippen LogP contribution in [-0.2, 0) is 6.18 Å². The zero-order chi connectivity index (χ0) is 11.9. The van der Waals surface area contributed by atoms with Crippen molar-refractivity contribution in [1.82, 2.24) is 0 Å². The van der Waals surface area contributed by atoms with E-state index in [-0.39, 0.29) is 12.1 Å². The van der Waals surface area contributed by atoms with Gasteiger partial charge in [-0.05, 0) is 6.07 Å². The van der Waals surface area contributed by atoms with E-state index in [0.717, 1.165) is 0 Å². The maximum atomic E-state index is 12.8. The van der Waals surface area contributed by atoms with Crippen LogP contribution in [-0.4, -0.2) is 6.98 Å². The van der Waals surface area contributed by atoms with Gasteiger partial charge < -0.3 is 12.9 Å². The van der Waals surface area contributed by atoms with Gasteiger partial charge in [0.25, 0.3) is 0 Å². The number of halogens is 7. The van der Waals surface area contributed by atoms with Crippen molar-refractivity contribution in [1.29, 1.82) is 0 Å². The van der Waals surface area contributed by atoms with Crippen LogP contribution in [0.25, 0.3) is 0 Å². The second-order valence-electron chi connectivity index (χ2n) is 2.78. The SMILES string of the molecule is Fc1c([B-](F)(F)F)cccc1C(F)(F)F. The molecule has 0 atom stereocenters. The van der Waals surface area contributed by atoms with Crippen molar-refractivity contribution in [2.45, 2.75) is 6.18 Å². The third-order valence-electron chi connectivity index (χ3n) is 1.69. The van der Waals surface area contributed by atoms with E-state index < -0.39 is 30.0 Å². The van der Waals surface area contributed by atoms with Crippen LogP contribution in [0.3, 0.4) is 0 Å². The van der Waals surface area contributed by atoms with Gasteiger partial charge in [0.1, 0.15) is 5.82 Å². The first-order chi connectivity index (χ1) is 6.64. The first-order valence-electron chi connectivity index (χ1n) is 3.69. The van der Waals surface area contributed by atoms with Gasteiger partial charge in [0.2, 0.25) is 0 Å². The van der Waals surface area contributed by atoms with E-state index in [0.29, 0.717) is 6.07 Å². The van der Waals surface area contributed by atoms with Gasteiger partial charge in [0, 0.05) is 0 Å². The van der Waals surface area contributed by atoms with Crippen LogP contribution in [0.15, 0.2) is 18.2 Å². The van der Waals surface area contributed by atoms with Crippen molar-refractivity contribution >= 4 is 12.4 Å². The molecule has 1 aromatic carbocycles. The summed E-state index contributed by atoms with van der Waals surface area (Å²) in [6, 6.07) is 1.07. The normalized spacial score (nSPS) is 13.0. The molecule has 0 N–H and O–H groups in total. The number of rotatable bonds is 1. The molecule has 0 nitrogen and oxygen atoms in total. The van der Waals surface area contributed by atoms with E-state index >= 15 is 0 Å². The minimum Gasteiger partial charge on any atom is -0.445 e. The van der Waals surface area contributed by atoms with Crippen molar-refractivity contribution in [2.24, 2.45) is 0 Å². The Morgan fingerprint density at radius 2 is 1.53 bits per heavy atom. The first-order valence-corrected chi connectivity index (χ1v) is 3.69.